The second kappa shape index (κ2) is 8.21. The van der Waals surface area contributed by atoms with Gasteiger partial charge in [-0.15, -0.1) is 0 Å². The van der Waals surface area contributed by atoms with Gasteiger partial charge in [-0.05, 0) is 43.2 Å². The fraction of sp³-hybridized carbons (Fsp3) is 0.333. The standard InChI is InChI=1S/C21H24N4O3/c1-2-24(13-16-8-9-19-20(12-16)28-15-27-19)21(26)22-10-5-11-25-14-23-17-6-3-4-7-18(17)25/h3-4,6-9,12,14H,2,5,10-11,13,15H2,1H3,(H,22,26). The smallest absolute Gasteiger partial charge is 0.317 e. The molecule has 4 rings (SSSR count). The van der Waals surface area contributed by atoms with E-state index in [4.69, 9.17) is 9.47 Å². The summed E-state index contributed by atoms with van der Waals surface area (Å²) in [6.45, 7) is 4.82. The molecule has 7 heteroatoms. The summed E-state index contributed by atoms with van der Waals surface area (Å²) in [5.74, 6) is 1.49. The van der Waals surface area contributed by atoms with E-state index in [2.05, 4.69) is 20.9 Å². The molecular weight excluding hydrogens is 356 g/mol. The van der Waals surface area contributed by atoms with Crippen molar-refractivity contribution in [2.24, 2.45) is 0 Å². The van der Waals surface area contributed by atoms with Gasteiger partial charge in [0.25, 0.3) is 0 Å². The predicted octanol–water partition coefficient (Wildman–Crippen LogP) is 3.39. The van der Waals surface area contributed by atoms with Gasteiger partial charge in [0.1, 0.15) is 0 Å². The Balaban J connectivity index is 1.27. The average Bonchev–Trinajstić information content (AvgIpc) is 3.35. The number of benzene rings is 2. The van der Waals surface area contributed by atoms with E-state index in [1.165, 1.54) is 0 Å². The maximum absolute atomic E-state index is 12.5. The molecule has 3 aromatic rings. The first-order valence-electron chi connectivity index (χ1n) is 9.56. The van der Waals surface area contributed by atoms with Crippen molar-refractivity contribution in [3.63, 3.8) is 0 Å². The first-order valence-corrected chi connectivity index (χ1v) is 9.56. The minimum absolute atomic E-state index is 0.0596. The van der Waals surface area contributed by atoms with Gasteiger partial charge in [-0.2, -0.15) is 0 Å². The van der Waals surface area contributed by atoms with Crippen LogP contribution in [0.4, 0.5) is 4.79 Å². The molecule has 1 aliphatic rings. The van der Waals surface area contributed by atoms with Crippen LogP contribution in [0.3, 0.4) is 0 Å². The summed E-state index contributed by atoms with van der Waals surface area (Å²) in [6, 6.07) is 13.8. The molecule has 146 valence electrons. The SMILES string of the molecule is CCN(Cc1ccc2c(c1)OCO2)C(=O)NCCCn1cnc2ccccc21. The molecule has 2 amide bonds. The number of aryl methyl sites for hydroxylation is 1. The number of amides is 2. The van der Waals surface area contributed by atoms with Crippen molar-refractivity contribution in [3.8, 4) is 11.5 Å². The quantitative estimate of drug-likeness (QED) is 0.638. The number of aromatic nitrogens is 2. The summed E-state index contributed by atoms with van der Waals surface area (Å²) in [7, 11) is 0. The van der Waals surface area contributed by atoms with Crippen LogP contribution in [0, 0.1) is 0 Å². The third kappa shape index (κ3) is 3.88. The highest BCUT2D eigenvalue weighted by Crippen LogP contribution is 2.32. The maximum Gasteiger partial charge on any atom is 0.317 e. The molecule has 7 nitrogen and oxygen atoms in total. The van der Waals surface area contributed by atoms with E-state index in [9.17, 15) is 4.79 Å². The number of carbonyl (C=O) groups excluding carboxylic acids is 1. The lowest BCUT2D eigenvalue weighted by molar-refractivity contribution is 0.173. The molecule has 0 bridgehead atoms. The zero-order valence-corrected chi connectivity index (χ0v) is 15.9. The van der Waals surface area contributed by atoms with Crippen LogP contribution in [0.15, 0.2) is 48.8 Å². The second-order valence-electron chi connectivity index (χ2n) is 6.71. The van der Waals surface area contributed by atoms with Crippen LogP contribution >= 0.6 is 0 Å². The fourth-order valence-corrected chi connectivity index (χ4v) is 3.33. The maximum atomic E-state index is 12.5. The summed E-state index contributed by atoms with van der Waals surface area (Å²) < 4.78 is 12.9. The lowest BCUT2D eigenvalue weighted by atomic mass is 10.2. The first kappa shape index (κ1) is 18.2. The van der Waals surface area contributed by atoms with Gasteiger partial charge >= 0.3 is 6.03 Å². The number of hydrogen-bond acceptors (Lipinski definition) is 4. The molecule has 0 unspecified atom stereocenters. The molecular formula is C21H24N4O3. The van der Waals surface area contributed by atoms with Gasteiger partial charge in [0.05, 0.1) is 17.4 Å². The molecule has 1 aliphatic heterocycles. The van der Waals surface area contributed by atoms with Crippen LogP contribution in [-0.4, -0.2) is 40.4 Å². The Hall–Kier alpha value is -3.22. The van der Waals surface area contributed by atoms with Gasteiger partial charge in [0, 0.05) is 26.2 Å². The third-order valence-electron chi connectivity index (χ3n) is 4.86. The van der Waals surface area contributed by atoms with E-state index in [0.29, 0.717) is 19.6 Å². The van der Waals surface area contributed by atoms with Crippen molar-refractivity contribution in [1.29, 1.82) is 0 Å². The zero-order chi connectivity index (χ0) is 19.3. The largest absolute Gasteiger partial charge is 0.454 e. The molecule has 1 N–H and O–H groups in total. The fourth-order valence-electron chi connectivity index (χ4n) is 3.33. The van der Waals surface area contributed by atoms with E-state index in [1.807, 2.05) is 49.6 Å². The Bertz CT molecular complexity index is 969. The van der Waals surface area contributed by atoms with Gasteiger partial charge in [-0.25, -0.2) is 9.78 Å². The lowest BCUT2D eigenvalue weighted by Gasteiger charge is -2.21. The summed E-state index contributed by atoms with van der Waals surface area (Å²) in [5.41, 5.74) is 3.13. The van der Waals surface area contributed by atoms with E-state index >= 15 is 0 Å². The van der Waals surface area contributed by atoms with Crippen molar-refractivity contribution in [2.45, 2.75) is 26.4 Å². The van der Waals surface area contributed by atoms with Gasteiger partial charge in [-0.3, -0.25) is 0 Å². The van der Waals surface area contributed by atoms with Crippen molar-refractivity contribution in [2.75, 3.05) is 19.9 Å². The van der Waals surface area contributed by atoms with Crippen molar-refractivity contribution >= 4 is 17.1 Å². The van der Waals surface area contributed by atoms with Crippen LogP contribution in [0.1, 0.15) is 18.9 Å². The molecule has 0 saturated carbocycles. The van der Waals surface area contributed by atoms with Crippen molar-refractivity contribution in [3.05, 3.63) is 54.4 Å². The number of urea groups is 1. The Morgan fingerprint density at radius 2 is 2.07 bits per heavy atom. The molecule has 0 fully saturated rings. The van der Waals surface area contributed by atoms with Crippen LogP contribution in [-0.2, 0) is 13.1 Å². The minimum Gasteiger partial charge on any atom is -0.454 e. The molecule has 0 spiro atoms. The van der Waals surface area contributed by atoms with Crippen LogP contribution in [0.25, 0.3) is 11.0 Å². The van der Waals surface area contributed by atoms with Crippen molar-refractivity contribution in [1.82, 2.24) is 19.8 Å². The van der Waals surface area contributed by atoms with Gasteiger partial charge < -0.3 is 24.3 Å². The van der Waals surface area contributed by atoms with Gasteiger partial charge in [-0.1, -0.05) is 18.2 Å². The highest BCUT2D eigenvalue weighted by molar-refractivity contribution is 5.75. The van der Waals surface area contributed by atoms with Crippen LogP contribution in [0.5, 0.6) is 11.5 Å². The highest BCUT2D eigenvalue weighted by Gasteiger charge is 2.16. The number of rotatable bonds is 7. The lowest BCUT2D eigenvalue weighted by Crippen LogP contribution is -2.39. The van der Waals surface area contributed by atoms with Crippen LogP contribution < -0.4 is 14.8 Å². The summed E-state index contributed by atoms with van der Waals surface area (Å²) in [5, 5.41) is 3.01. The summed E-state index contributed by atoms with van der Waals surface area (Å²) in [4.78, 5) is 18.7. The number of hydrogen-bond donors (Lipinski definition) is 1. The van der Waals surface area contributed by atoms with Gasteiger partial charge in [0.15, 0.2) is 11.5 Å². The zero-order valence-electron chi connectivity index (χ0n) is 15.9. The molecule has 0 aliphatic carbocycles. The number of imidazole rings is 1. The Kier molecular flexibility index (Phi) is 5.32. The number of carbonyl (C=O) groups is 1. The monoisotopic (exact) mass is 380 g/mol. The third-order valence-corrected chi connectivity index (χ3v) is 4.86. The number of fused-ring (bicyclic) bond motifs is 2. The number of nitrogens with zero attached hydrogens (tertiary/aromatic N) is 3. The Morgan fingerprint density at radius 3 is 2.96 bits per heavy atom. The van der Waals surface area contributed by atoms with Crippen LogP contribution in [0.2, 0.25) is 0 Å². The molecule has 0 radical (unpaired) electrons. The molecule has 1 aromatic heterocycles. The van der Waals surface area contributed by atoms with Crippen molar-refractivity contribution < 1.29 is 14.3 Å². The first-order chi connectivity index (χ1) is 13.7. The van der Waals surface area contributed by atoms with Gasteiger partial charge in [0.2, 0.25) is 6.79 Å². The minimum atomic E-state index is -0.0596. The predicted molar refractivity (Wildman–Crippen MR) is 106 cm³/mol. The number of ether oxygens (including phenoxy) is 2. The number of para-hydroxylation sites is 2. The highest BCUT2D eigenvalue weighted by atomic mass is 16.7. The second-order valence-corrected chi connectivity index (χ2v) is 6.71. The summed E-state index contributed by atoms with van der Waals surface area (Å²) >= 11 is 0. The molecule has 0 saturated heterocycles. The molecule has 28 heavy (non-hydrogen) atoms. The van der Waals surface area contributed by atoms with E-state index in [-0.39, 0.29) is 12.8 Å². The van der Waals surface area contributed by atoms with E-state index < -0.39 is 0 Å². The summed E-state index contributed by atoms with van der Waals surface area (Å²) in [6.07, 6.45) is 2.69. The number of nitrogens with one attached hydrogen (secondary N) is 1. The molecule has 0 atom stereocenters. The normalized spacial score (nSPS) is 12.3. The Morgan fingerprint density at radius 1 is 1.21 bits per heavy atom. The van der Waals surface area contributed by atoms with E-state index in [0.717, 1.165) is 41.1 Å². The molecule has 2 heterocycles. The Labute approximate surface area is 163 Å². The molecule has 2 aromatic carbocycles. The van der Waals surface area contributed by atoms with E-state index in [1.54, 1.807) is 4.90 Å². The topological polar surface area (TPSA) is 68.6 Å². The average molecular weight is 380 g/mol.